The number of hydrogen-bond acceptors (Lipinski definition) is 2. The second-order valence-electron chi connectivity index (χ2n) is 8.58. The van der Waals surface area contributed by atoms with Crippen LogP contribution in [0.15, 0.2) is 66.7 Å². The van der Waals surface area contributed by atoms with E-state index >= 15 is 0 Å². The summed E-state index contributed by atoms with van der Waals surface area (Å²) in [5.74, 6) is 0. The van der Waals surface area contributed by atoms with Gasteiger partial charge in [0.2, 0.25) is 0 Å². The van der Waals surface area contributed by atoms with Gasteiger partial charge in [0.1, 0.15) is 0 Å². The third-order valence-electron chi connectivity index (χ3n) is 6.15. The SMILES string of the molecule is CCCN1CCc2cc(N(C)Cc3ccccc3)c(-c3ccc(C(F)(F)F)cc3)cc2C1. The van der Waals surface area contributed by atoms with Crippen LogP contribution < -0.4 is 4.90 Å². The number of anilines is 1. The Morgan fingerprint density at radius 2 is 1.66 bits per heavy atom. The summed E-state index contributed by atoms with van der Waals surface area (Å²) >= 11 is 0. The van der Waals surface area contributed by atoms with Crippen molar-refractivity contribution in [2.45, 2.75) is 39.0 Å². The summed E-state index contributed by atoms with van der Waals surface area (Å²) in [5, 5.41) is 0. The molecule has 1 aliphatic rings. The molecular weight excluding hydrogens is 409 g/mol. The van der Waals surface area contributed by atoms with Crippen LogP contribution in [0.5, 0.6) is 0 Å². The molecule has 0 atom stereocenters. The van der Waals surface area contributed by atoms with Crippen LogP contribution >= 0.6 is 0 Å². The second-order valence-corrected chi connectivity index (χ2v) is 8.58. The molecule has 0 aliphatic carbocycles. The van der Waals surface area contributed by atoms with Crippen molar-refractivity contribution in [1.82, 2.24) is 4.90 Å². The molecule has 0 aromatic heterocycles. The molecule has 0 N–H and O–H groups in total. The first kappa shape index (κ1) is 22.4. The standard InChI is InChI=1S/C27H29F3N2/c1-3-14-32-15-13-22-17-26(31(2)18-20-7-5-4-6-8-20)25(16-23(22)19-32)21-9-11-24(12-10-21)27(28,29)30/h4-12,16-17H,3,13-15,18-19H2,1-2H3. The zero-order valence-electron chi connectivity index (χ0n) is 18.6. The van der Waals surface area contributed by atoms with E-state index in [1.54, 1.807) is 12.1 Å². The summed E-state index contributed by atoms with van der Waals surface area (Å²) in [6, 6.07) is 20.2. The predicted molar refractivity (Wildman–Crippen MR) is 125 cm³/mol. The van der Waals surface area contributed by atoms with Gasteiger partial charge in [0.25, 0.3) is 0 Å². The zero-order valence-corrected chi connectivity index (χ0v) is 18.6. The molecule has 1 heterocycles. The molecule has 0 radical (unpaired) electrons. The van der Waals surface area contributed by atoms with Crippen molar-refractivity contribution in [2.24, 2.45) is 0 Å². The molecule has 0 bridgehead atoms. The van der Waals surface area contributed by atoms with Gasteiger partial charge in [0.15, 0.2) is 0 Å². The van der Waals surface area contributed by atoms with Crippen LogP contribution in [0.25, 0.3) is 11.1 Å². The molecule has 32 heavy (non-hydrogen) atoms. The fourth-order valence-corrected chi connectivity index (χ4v) is 4.49. The summed E-state index contributed by atoms with van der Waals surface area (Å²) in [6.07, 6.45) is -2.23. The molecule has 2 nitrogen and oxygen atoms in total. The lowest BCUT2D eigenvalue weighted by Crippen LogP contribution is -2.31. The van der Waals surface area contributed by atoms with Crippen molar-refractivity contribution >= 4 is 5.69 Å². The highest BCUT2D eigenvalue weighted by Gasteiger charge is 2.30. The number of alkyl halides is 3. The average Bonchev–Trinajstić information content (AvgIpc) is 2.78. The van der Waals surface area contributed by atoms with Gasteiger partial charge in [-0.1, -0.05) is 49.4 Å². The van der Waals surface area contributed by atoms with Crippen molar-refractivity contribution in [2.75, 3.05) is 25.0 Å². The third-order valence-corrected chi connectivity index (χ3v) is 6.15. The highest BCUT2D eigenvalue weighted by Crippen LogP contribution is 2.37. The highest BCUT2D eigenvalue weighted by molar-refractivity contribution is 5.80. The molecular formula is C27H29F3N2. The molecule has 0 spiro atoms. The van der Waals surface area contributed by atoms with E-state index in [2.05, 4.69) is 48.0 Å². The lowest BCUT2D eigenvalue weighted by Gasteiger charge is -2.31. The summed E-state index contributed by atoms with van der Waals surface area (Å²) < 4.78 is 39.3. The maximum atomic E-state index is 13.1. The van der Waals surface area contributed by atoms with Crippen LogP contribution in [0.1, 0.15) is 35.6 Å². The lowest BCUT2D eigenvalue weighted by atomic mass is 9.92. The van der Waals surface area contributed by atoms with Crippen LogP contribution in [0.3, 0.4) is 0 Å². The van der Waals surface area contributed by atoms with Crippen LogP contribution in [-0.2, 0) is 25.7 Å². The Bertz CT molecular complexity index is 1040. The monoisotopic (exact) mass is 438 g/mol. The first-order chi connectivity index (χ1) is 15.3. The molecule has 0 saturated heterocycles. The minimum Gasteiger partial charge on any atom is -0.370 e. The minimum atomic E-state index is -4.33. The van der Waals surface area contributed by atoms with E-state index in [4.69, 9.17) is 0 Å². The fourth-order valence-electron chi connectivity index (χ4n) is 4.49. The van der Waals surface area contributed by atoms with Crippen LogP contribution in [-0.4, -0.2) is 25.0 Å². The van der Waals surface area contributed by atoms with Crippen molar-refractivity contribution in [3.05, 3.63) is 89.0 Å². The van der Waals surface area contributed by atoms with Gasteiger partial charge >= 0.3 is 6.18 Å². The number of benzene rings is 3. The Labute approximate surface area is 188 Å². The van der Waals surface area contributed by atoms with Crippen LogP contribution in [0.4, 0.5) is 18.9 Å². The van der Waals surface area contributed by atoms with Crippen molar-refractivity contribution in [1.29, 1.82) is 0 Å². The summed E-state index contributed by atoms with van der Waals surface area (Å²) in [5.41, 5.74) is 6.03. The van der Waals surface area contributed by atoms with E-state index in [1.807, 2.05) is 18.2 Å². The molecule has 168 valence electrons. The van der Waals surface area contributed by atoms with Gasteiger partial charge in [0, 0.05) is 37.9 Å². The van der Waals surface area contributed by atoms with Gasteiger partial charge in [-0.25, -0.2) is 0 Å². The molecule has 5 heteroatoms. The molecule has 0 fully saturated rings. The van der Waals surface area contributed by atoms with E-state index in [9.17, 15) is 13.2 Å². The minimum absolute atomic E-state index is 0.618. The van der Waals surface area contributed by atoms with Crippen LogP contribution in [0.2, 0.25) is 0 Å². The Morgan fingerprint density at radius 1 is 0.938 bits per heavy atom. The number of nitrogens with zero attached hydrogens (tertiary/aromatic N) is 2. The quantitative estimate of drug-likeness (QED) is 0.419. The Morgan fingerprint density at radius 3 is 2.31 bits per heavy atom. The first-order valence-corrected chi connectivity index (χ1v) is 11.2. The average molecular weight is 439 g/mol. The smallest absolute Gasteiger partial charge is 0.370 e. The number of fused-ring (bicyclic) bond motifs is 1. The van der Waals surface area contributed by atoms with Gasteiger partial charge in [-0.05, 0) is 65.9 Å². The molecule has 3 aromatic carbocycles. The maximum Gasteiger partial charge on any atom is 0.416 e. The number of rotatable bonds is 6. The zero-order chi connectivity index (χ0) is 22.7. The summed E-state index contributed by atoms with van der Waals surface area (Å²) in [4.78, 5) is 4.65. The summed E-state index contributed by atoms with van der Waals surface area (Å²) in [7, 11) is 2.05. The Hall–Kier alpha value is -2.79. The van der Waals surface area contributed by atoms with Gasteiger partial charge in [-0.15, -0.1) is 0 Å². The van der Waals surface area contributed by atoms with Gasteiger partial charge in [0.05, 0.1) is 5.56 Å². The van der Waals surface area contributed by atoms with E-state index in [0.29, 0.717) is 0 Å². The Balaban J connectivity index is 1.74. The third kappa shape index (κ3) is 4.99. The molecule has 0 unspecified atom stereocenters. The van der Waals surface area contributed by atoms with Crippen molar-refractivity contribution in [3.63, 3.8) is 0 Å². The van der Waals surface area contributed by atoms with Crippen molar-refractivity contribution < 1.29 is 13.2 Å². The predicted octanol–water partition coefficient (Wildman–Crippen LogP) is 6.78. The molecule has 1 aliphatic heterocycles. The fraction of sp³-hybridized carbons (Fsp3) is 0.333. The van der Waals surface area contributed by atoms with E-state index in [0.717, 1.165) is 55.8 Å². The van der Waals surface area contributed by atoms with E-state index in [-0.39, 0.29) is 0 Å². The van der Waals surface area contributed by atoms with Gasteiger partial charge in [-0.3, -0.25) is 4.90 Å². The highest BCUT2D eigenvalue weighted by atomic mass is 19.4. The Kier molecular flexibility index (Phi) is 6.56. The van der Waals surface area contributed by atoms with Crippen LogP contribution in [0, 0.1) is 0 Å². The second kappa shape index (κ2) is 9.37. The van der Waals surface area contributed by atoms with Crippen molar-refractivity contribution in [3.8, 4) is 11.1 Å². The normalized spacial score (nSPS) is 14.3. The molecule has 3 aromatic rings. The first-order valence-electron chi connectivity index (χ1n) is 11.2. The lowest BCUT2D eigenvalue weighted by molar-refractivity contribution is -0.137. The molecule has 0 saturated carbocycles. The maximum absolute atomic E-state index is 13.1. The molecule has 0 amide bonds. The van der Waals surface area contributed by atoms with Gasteiger partial charge < -0.3 is 4.90 Å². The van der Waals surface area contributed by atoms with E-state index in [1.165, 1.54) is 28.8 Å². The summed E-state index contributed by atoms with van der Waals surface area (Å²) in [6.45, 7) is 5.91. The number of halogens is 3. The topological polar surface area (TPSA) is 6.48 Å². The molecule has 4 rings (SSSR count). The van der Waals surface area contributed by atoms with Gasteiger partial charge in [-0.2, -0.15) is 13.2 Å². The van der Waals surface area contributed by atoms with E-state index < -0.39 is 11.7 Å². The number of hydrogen-bond donors (Lipinski definition) is 0. The largest absolute Gasteiger partial charge is 0.416 e.